The second kappa shape index (κ2) is 3.08. The van der Waals surface area contributed by atoms with Crippen molar-refractivity contribution in [1.29, 1.82) is 0 Å². The van der Waals surface area contributed by atoms with Gasteiger partial charge < -0.3 is 10.2 Å². The van der Waals surface area contributed by atoms with Gasteiger partial charge in [0.2, 0.25) is 0 Å². The fourth-order valence-electron chi connectivity index (χ4n) is 4.05. The Bertz CT molecular complexity index is 310. The van der Waals surface area contributed by atoms with Crippen LogP contribution in [0.1, 0.15) is 39.0 Å². The van der Waals surface area contributed by atoms with Crippen molar-refractivity contribution < 1.29 is 10.2 Å². The molecule has 0 radical (unpaired) electrons. The smallest absolute Gasteiger partial charge is 0.0758 e. The average molecular weight is 208 g/mol. The maximum atomic E-state index is 10.1. The SMILES string of the molecule is C[C@]12CC[C@H](O)C[C@@H]1[C@@H](O)C=C1CCC12. The van der Waals surface area contributed by atoms with Crippen LogP contribution in [0.4, 0.5) is 0 Å². The molecule has 0 saturated heterocycles. The van der Waals surface area contributed by atoms with Gasteiger partial charge in [0.25, 0.3) is 0 Å². The average Bonchev–Trinajstić information content (AvgIpc) is 2.14. The summed E-state index contributed by atoms with van der Waals surface area (Å²) in [4.78, 5) is 0. The van der Waals surface area contributed by atoms with Gasteiger partial charge in [-0.3, -0.25) is 0 Å². The van der Waals surface area contributed by atoms with Crippen molar-refractivity contribution in [2.45, 2.75) is 51.2 Å². The number of hydrogen-bond donors (Lipinski definition) is 2. The highest BCUT2D eigenvalue weighted by Crippen LogP contribution is 2.59. The molecule has 0 aromatic carbocycles. The monoisotopic (exact) mass is 208 g/mol. The predicted molar refractivity (Wildman–Crippen MR) is 58.3 cm³/mol. The molecule has 2 N–H and O–H groups in total. The Balaban J connectivity index is 1.95. The van der Waals surface area contributed by atoms with Crippen LogP contribution in [0, 0.1) is 17.3 Å². The molecule has 2 heteroatoms. The van der Waals surface area contributed by atoms with Gasteiger partial charge in [0.05, 0.1) is 12.2 Å². The zero-order chi connectivity index (χ0) is 10.6. The standard InChI is InChI=1S/C13H20O2/c1-13-5-4-9(14)7-11(13)12(15)6-8-2-3-10(8)13/h6,9-12,14-15H,2-5,7H2,1H3/t9-,10?,11+,12-,13+/m0/s1. The molecular formula is C13H20O2. The maximum Gasteiger partial charge on any atom is 0.0758 e. The third kappa shape index (κ3) is 1.24. The first-order valence-corrected chi connectivity index (χ1v) is 6.18. The van der Waals surface area contributed by atoms with Crippen molar-refractivity contribution in [3.05, 3.63) is 11.6 Å². The molecule has 2 nitrogen and oxygen atoms in total. The van der Waals surface area contributed by atoms with Crippen LogP contribution in [-0.4, -0.2) is 22.4 Å². The second-order valence-corrected chi connectivity index (χ2v) is 5.86. The van der Waals surface area contributed by atoms with Crippen molar-refractivity contribution in [3.8, 4) is 0 Å². The fraction of sp³-hybridized carbons (Fsp3) is 0.846. The highest BCUT2D eigenvalue weighted by Gasteiger charge is 2.53. The Morgan fingerprint density at radius 1 is 1.33 bits per heavy atom. The molecule has 0 aromatic rings. The lowest BCUT2D eigenvalue weighted by atomic mass is 9.49. The quantitative estimate of drug-likeness (QED) is 0.597. The van der Waals surface area contributed by atoms with Gasteiger partial charge in [-0.15, -0.1) is 0 Å². The van der Waals surface area contributed by atoms with Crippen molar-refractivity contribution >= 4 is 0 Å². The molecule has 0 aromatic heterocycles. The molecule has 1 unspecified atom stereocenters. The lowest BCUT2D eigenvalue weighted by Crippen LogP contribution is -2.52. The molecule has 5 atom stereocenters. The van der Waals surface area contributed by atoms with Gasteiger partial charge in [-0.2, -0.15) is 0 Å². The third-order valence-electron chi connectivity index (χ3n) is 5.15. The third-order valence-corrected chi connectivity index (χ3v) is 5.15. The van der Waals surface area contributed by atoms with Crippen LogP contribution in [0.15, 0.2) is 11.6 Å². The number of hydrogen-bond acceptors (Lipinski definition) is 2. The van der Waals surface area contributed by atoms with Gasteiger partial charge in [-0.25, -0.2) is 0 Å². The Kier molecular flexibility index (Phi) is 2.02. The van der Waals surface area contributed by atoms with E-state index in [0.717, 1.165) is 19.3 Å². The van der Waals surface area contributed by atoms with Crippen LogP contribution in [-0.2, 0) is 0 Å². The van der Waals surface area contributed by atoms with E-state index >= 15 is 0 Å². The summed E-state index contributed by atoms with van der Waals surface area (Å²) in [6.45, 7) is 2.32. The minimum Gasteiger partial charge on any atom is -0.393 e. The number of rotatable bonds is 0. The lowest BCUT2D eigenvalue weighted by Gasteiger charge is -2.56. The first-order chi connectivity index (χ1) is 7.11. The van der Waals surface area contributed by atoms with Gasteiger partial charge in [-0.05, 0) is 49.4 Å². The lowest BCUT2D eigenvalue weighted by molar-refractivity contribution is -0.0771. The molecule has 2 fully saturated rings. The summed E-state index contributed by atoms with van der Waals surface area (Å²) in [5.74, 6) is 0.994. The molecule has 15 heavy (non-hydrogen) atoms. The highest BCUT2D eigenvalue weighted by atomic mass is 16.3. The van der Waals surface area contributed by atoms with E-state index in [1.165, 1.54) is 18.4 Å². The summed E-state index contributed by atoms with van der Waals surface area (Å²) >= 11 is 0. The van der Waals surface area contributed by atoms with Gasteiger partial charge in [0, 0.05) is 0 Å². The predicted octanol–water partition coefficient (Wildman–Crippen LogP) is 1.86. The molecule has 0 amide bonds. The summed E-state index contributed by atoms with van der Waals surface area (Å²) in [7, 11) is 0. The van der Waals surface area contributed by atoms with Crippen LogP contribution in [0.3, 0.4) is 0 Å². The number of aliphatic hydroxyl groups is 2. The van der Waals surface area contributed by atoms with Crippen LogP contribution >= 0.6 is 0 Å². The van der Waals surface area contributed by atoms with Crippen molar-refractivity contribution in [2.75, 3.05) is 0 Å². The molecule has 3 rings (SSSR count). The zero-order valence-corrected chi connectivity index (χ0v) is 9.32. The first-order valence-electron chi connectivity index (χ1n) is 6.18. The molecule has 0 bridgehead atoms. The van der Waals surface area contributed by atoms with Crippen molar-refractivity contribution in [1.82, 2.24) is 0 Å². The largest absolute Gasteiger partial charge is 0.393 e. The van der Waals surface area contributed by atoms with Crippen molar-refractivity contribution in [2.24, 2.45) is 17.3 Å². The topological polar surface area (TPSA) is 40.5 Å². The Hall–Kier alpha value is -0.340. The van der Waals surface area contributed by atoms with Gasteiger partial charge in [-0.1, -0.05) is 18.6 Å². The molecule has 0 spiro atoms. The summed E-state index contributed by atoms with van der Waals surface area (Å²) in [5, 5.41) is 19.8. The van der Waals surface area contributed by atoms with E-state index in [4.69, 9.17) is 0 Å². The minimum atomic E-state index is -0.309. The second-order valence-electron chi connectivity index (χ2n) is 5.86. The number of allylic oxidation sites excluding steroid dienone is 1. The van der Waals surface area contributed by atoms with E-state index in [-0.39, 0.29) is 23.5 Å². The highest BCUT2D eigenvalue weighted by molar-refractivity contribution is 5.27. The summed E-state index contributed by atoms with van der Waals surface area (Å²) in [6, 6.07) is 0. The van der Waals surface area contributed by atoms with E-state index in [1.54, 1.807) is 0 Å². The minimum absolute atomic E-state index is 0.187. The maximum absolute atomic E-state index is 10.1. The van der Waals surface area contributed by atoms with Crippen molar-refractivity contribution in [3.63, 3.8) is 0 Å². The number of aliphatic hydroxyl groups excluding tert-OH is 2. The van der Waals surface area contributed by atoms with E-state index in [9.17, 15) is 10.2 Å². The Morgan fingerprint density at radius 2 is 2.13 bits per heavy atom. The molecule has 3 aliphatic carbocycles. The van der Waals surface area contributed by atoms with E-state index in [0.29, 0.717) is 5.92 Å². The zero-order valence-electron chi connectivity index (χ0n) is 9.32. The van der Waals surface area contributed by atoms with E-state index < -0.39 is 0 Å². The fourth-order valence-corrected chi connectivity index (χ4v) is 4.05. The molecule has 0 heterocycles. The summed E-state index contributed by atoms with van der Waals surface area (Å²) < 4.78 is 0. The Morgan fingerprint density at radius 3 is 2.80 bits per heavy atom. The molecule has 3 aliphatic rings. The van der Waals surface area contributed by atoms with Crippen LogP contribution < -0.4 is 0 Å². The molecule has 0 aliphatic heterocycles. The normalized spacial score (nSPS) is 53.7. The summed E-state index contributed by atoms with van der Waals surface area (Å²) in [6.07, 6.45) is 6.84. The molecular weight excluding hydrogens is 188 g/mol. The summed E-state index contributed by atoms with van der Waals surface area (Å²) in [5.41, 5.74) is 1.75. The van der Waals surface area contributed by atoms with Gasteiger partial charge in [0.15, 0.2) is 0 Å². The van der Waals surface area contributed by atoms with Crippen LogP contribution in [0.2, 0.25) is 0 Å². The molecule has 2 saturated carbocycles. The van der Waals surface area contributed by atoms with E-state index in [1.807, 2.05) is 0 Å². The number of fused-ring (bicyclic) bond motifs is 3. The van der Waals surface area contributed by atoms with E-state index in [2.05, 4.69) is 13.0 Å². The first kappa shape index (κ1) is 9.86. The van der Waals surface area contributed by atoms with Crippen LogP contribution in [0.25, 0.3) is 0 Å². The van der Waals surface area contributed by atoms with Crippen LogP contribution in [0.5, 0.6) is 0 Å². The van der Waals surface area contributed by atoms with Gasteiger partial charge in [0.1, 0.15) is 0 Å². The van der Waals surface area contributed by atoms with Gasteiger partial charge >= 0.3 is 0 Å². The Labute approximate surface area is 91.0 Å². The molecule has 84 valence electrons.